The van der Waals surface area contributed by atoms with E-state index in [1.165, 1.54) is 10.5 Å². The lowest BCUT2D eigenvalue weighted by Gasteiger charge is -2.19. The summed E-state index contributed by atoms with van der Waals surface area (Å²) in [4.78, 5) is 5.80. The van der Waals surface area contributed by atoms with E-state index >= 15 is 0 Å². The Hall–Kier alpha value is -1.33. The predicted octanol–water partition coefficient (Wildman–Crippen LogP) is 2.88. The molecule has 4 nitrogen and oxygen atoms in total. The normalized spacial score (nSPS) is 18.0. The van der Waals surface area contributed by atoms with Crippen molar-refractivity contribution in [3.63, 3.8) is 0 Å². The van der Waals surface area contributed by atoms with Gasteiger partial charge in [-0.3, -0.25) is 4.68 Å². The number of hydrogen-bond acceptors (Lipinski definition) is 4. The van der Waals surface area contributed by atoms with Gasteiger partial charge in [0.1, 0.15) is 6.33 Å². The maximum atomic E-state index is 4.57. The minimum atomic E-state index is 0.0917. The standard InChI is InChI=1S/C16H22N4S/c1-16(2,3)18-9-15-17-11-20(19-15)10-13-8-12-6-4-5-7-14(12)21-13/h4-7,11,13,18H,8-10H2,1-3H3. The number of aromatic nitrogens is 3. The van der Waals surface area contributed by atoms with E-state index in [0.29, 0.717) is 11.8 Å². The molecule has 1 aliphatic heterocycles. The van der Waals surface area contributed by atoms with Crippen LogP contribution in [0.25, 0.3) is 0 Å². The highest BCUT2D eigenvalue weighted by Gasteiger charge is 2.22. The summed E-state index contributed by atoms with van der Waals surface area (Å²) >= 11 is 1.95. The molecule has 0 saturated carbocycles. The molecule has 2 aromatic rings. The second-order valence-corrected chi connectivity index (χ2v) is 7.88. The van der Waals surface area contributed by atoms with Crippen LogP contribution in [-0.4, -0.2) is 25.6 Å². The zero-order valence-electron chi connectivity index (χ0n) is 12.8. The van der Waals surface area contributed by atoms with Crippen LogP contribution in [0.15, 0.2) is 35.5 Å². The summed E-state index contributed by atoms with van der Waals surface area (Å²) in [6.07, 6.45) is 2.97. The summed E-state index contributed by atoms with van der Waals surface area (Å²) < 4.78 is 1.98. The third kappa shape index (κ3) is 3.86. The molecule has 0 aliphatic carbocycles. The SMILES string of the molecule is CC(C)(C)NCc1ncn(CC2Cc3ccccc3S2)n1. The number of rotatable bonds is 4. The molecule has 0 spiro atoms. The van der Waals surface area contributed by atoms with E-state index in [0.717, 1.165) is 18.8 Å². The van der Waals surface area contributed by atoms with Crippen LogP contribution in [0.4, 0.5) is 0 Å². The number of nitrogens with zero attached hydrogens (tertiary/aromatic N) is 3. The molecular weight excluding hydrogens is 280 g/mol. The first kappa shape index (κ1) is 14.6. The molecule has 0 fully saturated rings. The molecule has 1 aromatic heterocycles. The molecule has 2 heterocycles. The smallest absolute Gasteiger partial charge is 0.164 e. The summed E-state index contributed by atoms with van der Waals surface area (Å²) in [7, 11) is 0. The Balaban J connectivity index is 1.56. The number of fused-ring (bicyclic) bond motifs is 1. The molecule has 1 N–H and O–H groups in total. The zero-order valence-corrected chi connectivity index (χ0v) is 13.7. The average Bonchev–Trinajstić information content (AvgIpc) is 3.01. The van der Waals surface area contributed by atoms with E-state index in [-0.39, 0.29) is 5.54 Å². The molecular formula is C16H22N4S. The van der Waals surface area contributed by atoms with Crippen LogP contribution in [0, 0.1) is 0 Å². The molecule has 0 bridgehead atoms. The fourth-order valence-corrected chi connectivity index (χ4v) is 3.72. The van der Waals surface area contributed by atoms with Crippen molar-refractivity contribution in [1.82, 2.24) is 20.1 Å². The van der Waals surface area contributed by atoms with Crippen LogP contribution in [0.2, 0.25) is 0 Å². The van der Waals surface area contributed by atoms with Crippen molar-refractivity contribution >= 4 is 11.8 Å². The Bertz CT molecular complexity index is 590. The van der Waals surface area contributed by atoms with Crippen molar-refractivity contribution in [2.24, 2.45) is 0 Å². The summed E-state index contributed by atoms with van der Waals surface area (Å²) in [5, 5.41) is 8.55. The van der Waals surface area contributed by atoms with Crippen LogP contribution in [-0.2, 0) is 19.5 Å². The molecule has 21 heavy (non-hydrogen) atoms. The maximum Gasteiger partial charge on any atom is 0.164 e. The van der Waals surface area contributed by atoms with Gasteiger partial charge >= 0.3 is 0 Å². The lowest BCUT2D eigenvalue weighted by Crippen LogP contribution is -2.35. The van der Waals surface area contributed by atoms with E-state index in [9.17, 15) is 0 Å². The summed E-state index contributed by atoms with van der Waals surface area (Å²) in [5.74, 6) is 0.866. The molecule has 0 amide bonds. The number of thioether (sulfide) groups is 1. The van der Waals surface area contributed by atoms with Crippen LogP contribution in [0.5, 0.6) is 0 Å². The van der Waals surface area contributed by atoms with Gasteiger partial charge < -0.3 is 5.32 Å². The van der Waals surface area contributed by atoms with Gasteiger partial charge in [-0.2, -0.15) is 5.10 Å². The van der Waals surface area contributed by atoms with E-state index in [2.05, 4.69) is 60.4 Å². The quantitative estimate of drug-likeness (QED) is 0.943. The third-order valence-electron chi connectivity index (χ3n) is 3.47. The van der Waals surface area contributed by atoms with Crippen molar-refractivity contribution in [1.29, 1.82) is 0 Å². The summed E-state index contributed by atoms with van der Waals surface area (Å²) in [6, 6.07) is 8.66. The van der Waals surface area contributed by atoms with Gasteiger partial charge in [0.2, 0.25) is 0 Å². The highest BCUT2D eigenvalue weighted by molar-refractivity contribution is 8.00. The fourth-order valence-electron chi connectivity index (χ4n) is 2.41. The second-order valence-electron chi connectivity index (χ2n) is 6.54. The highest BCUT2D eigenvalue weighted by Crippen LogP contribution is 2.37. The highest BCUT2D eigenvalue weighted by atomic mass is 32.2. The summed E-state index contributed by atoms with van der Waals surface area (Å²) in [6.45, 7) is 8.08. The van der Waals surface area contributed by atoms with Crippen molar-refractivity contribution in [3.8, 4) is 0 Å². The van der Waals surface area contributed by atoms with Crippen LogP contribution in [0.3, 0.4) is 0 Å². The van der Waals surface area contributed by atoms with Crippen molar-refractivity contribution < 1.29 is 0 Å². The number of hydrogen-bond donors (Lipinski definition) is 1. The van der Waals surface area contributed by atoms with Gasteiger partial charge in [0.05, 0.1) is 13.1 Å². The first-order chi connectivity index (χ1) is 9.99. The maximum absolute atomic E-state index is 4.57. The van der Waals surface area contributed by atoms with E-state index in [4.69, 9.17) is 0 Å². The molecule has 1 atom stereocenters. The first-order valence-corrected chi connectivity index (χ1v) is 8.25. The Labute approximate surface area is 130 Å². The van der Waals surface area contributed by atoms with E-state index in [1.807, 2.05) is 22.8 Å². The molecule has 112 valence electrons. The minimum absolute atomic E-state index is 0.0917. The van der Waals surface area contributed by atoms with Gasteiger partial charge in [0, 0.05) is 15.7 Å². The Morgan fingerprint density at radius 1 is 1.33 bits per heavy atom. The zero-order chi connectivity index (χ0) is 14.9. The lowest BCUT2D eigenvalue weighted by molar-refractivity contribution is 0.416. The lowest BCUT2D eigenvalue weighted by atomic mass is 10.1. The van der Waals surface area contributed by atoms with Crippen LogP contribution >= 0.6 is 11.8 Å². The molecule has 1 aromatic carbocycles. The largest absolute Gasteiger partial charge is 0.305 e. The molecule has 0 radical (unpaired) electrons. The van der Waals surface area contributed by atoms with Gasteiger partial charge in [-0.1, -0.05) is 18.2 Å². The molecule has 0 saturated heterocycles. The average molecular weight is 302 g/mol. The molecule has 1 aliphatic rings. The van der Waals surface area contributed by atoms with Gasteiger partial charge in [0.25, 0.3) is 0 Å². The van der Waals surface area contributed by atoms with Gasteiger partial charge in [0.15, 0.2) is 5.82 Å². The minimum Gasteiger partial charge on any atom is -0.305 e. The van der Waals surface area contributed by atoms with Gasteiger partial charge in [-0.15, -0.1) is 11.8 Å². The predicted molar refractivity (Wildman–Crippen MR) is 86.4 cm³/mol. The Morgan fingerprint density at radius 3 is 2.90 bits per heavy atom. The Morgan fingerprint density at radius 2 is 2.14 bits per heavy atom. The first-order valence-electron chi connectivity index (χ1n) is 7.37. The van der Waals surface area contributed by atoms with Crippen molar-refractivity contribution in [2.75, 3.05) is 0 Å². The number of benzene rings is 1. The Kier molecular flexibility index (Phi) is 4.04. The monoisotopic (exact) mass is 302 g/mol. The van der Waals surface area contributed by atoms with Crippen LogP contribution < -0.4 is 5.32 Å². The topological polar surface area (TPSA) is 42.7 Å². The van der Waals surface area contributed by atoms with Gasteiger partial charge in [-0.05, 0) is 38.8 Å². The second kappa shape index (κ2) is 5.81. The van der Waals surface area contributed by atoms with Crippen molar-refractivity contribution in [3.05, 3.63) is 42.0 Å². The molecule has 5 heteroatoms. The van der Waals surface area contributed by atoms with Gasteiger partial charge in [-0.25, -0.2) is 4.98 Å². The van der Waals surface area contributed by atoms with Crippen LogP contribution in [0.1, 0.15) is 32.2 Å². The summed E-state index contributed by atoms with van der Waals surface area (Å²) in [5.41, 5.74) is 1.55. The number of nitrogens with one attached hydrogen (secondary N) is 1. The fraction of sp³-hybridized carbons (Fsp3) is 0.500. The third-order valence-corrected chi connectivity index (χ3v) is 4.77. The molecule has 1 unspecified atom stereocenters. The van der Waals surface area contributed by atoms with E-state index < -0.39 is 0 Å². The van der Waals surface area contributed by atoms with Crippen molar-refractivity contribution in [2.45, 2.75) is 56.0 Å². The molecule has 3 rings (SSSR count). The van der Waals surface area contributed by atoms with E-state index in [1.54, 1.807) is 0 Å².